The predicted molar refractivity (Wildman–Crippen MR) is 118 cm³/mol. The Morgan fingerprint density at radius 3 is 2.29 bits per heavy atom. The van der Waals surface area contributed by atoms with E-state index in [0.717, 1.165) is 10.4 Å². The molecule has 3 N–H and O–H groups in total. The van der Waals surface area contributed by atoms with Crippen LogP contribution in [0.1, 0.15) is 20.8 Å². The second kappa shape index (κ2) is 10.2. The predicted octanol–water partition coefficient (Wildman–Crippen LogP) is 3.33. The van der Waals surface area contributed by atoms with Gasteiger partial charge in [0.1, 0.15) is 0 Å². The average molecular weight is 460 g/mol. The van der Waals surface area contributed by atoms with Gasteiger partial charge in [-0.25, -0.2) is 17.9 Å². The van der Waals surface area contributed by atoms with Crippen LogP contribution in [0.4, 0.5) is 10.5 Å². The maximum atomic E-state index is 12.4. The van der Waals surface area contributed by atoms with E-state index in [2.05, 4.69) is 20.1 Å². The minimum Gasteiger partial charge on any atom is -0.453 e. The van der Waals surface area contributed by atoms with Crippen molar-refractivity contribution in [3.8, 4) is 0 Å². The van der Waals surface area contributed by atoms with Crippen LogP contribution in [0.3, 0.4) is 0 Å². The summed E-state index contributed by atoms with van der Waals surface area (Å²) < 4.78 is 31.8. The third-order valence-corrected chi connectivity index (χ3v) is 6.58. The molecule has 0 saturated heterocycles. The van der Waals surface area contributed by atoms with Crippen LogP contribution >= 0.6 is 11.3 Å². The Bertz CT molecular complexity index is 1130. The number of carbonyl (C=O) groups is 2. The number of amides is 2. The van der Waals surface area contributed by atoms with Gasteiger partial charge in [-0.05, 0) is 53.4 Å². The minimum absolute atomic E-state index is 0.0919. The van der Waals surface area contributed by atoms with Crippen LogP contribution in [-0.2, 0) is 27.8 Å². The maximum absolute atomic E-state index is 12.4. The molecule has 10 heteroatoms. The summed E-state index contributed by atoms with van der Waals surface area (Å²) in [5, 5.41) is 7.20. The summed E-state index contributed by atoms with van der Waals surface area (Å²) >= 11 is 1.47. The van der Waals surface area contributed by atoms with Crippen LogP contribution in [0.25, 0.3) is 0 Å². The van der Waals surface area contributed by atoms with Crippen molar-refractivity contribution in [1.82, 2.24) is 10.0 Å². The normalized spacial score (nSPS) is 11.0. The number of rotatable bonds is 8. The molecule has 31 heavy (non-hydrogen) atoms. The highest BCUT2D eigenvalue weighted by Crippen LogP contribution is 2.14. The maximum Gasteiger partial charge on any atom is 0.411 e. The number of methoxy groups -OCH3 is 1. The molecule has 0 bridgehead atoms. The fraction of sp³-hybridized carbons (Fsp3) is 0.143. The Balaban J connectivity index is 1.54. The third kappa shape index (κ3) is 6.38. The SMILES string of the molecule is COC(=O)Nc1ccc(CNC(=O)c2ccc(S(=O)(=O)NCc3cccs3)cc2)cc1. The largest absolute Gasteiger partial charge is 0.453 e. The van der Waals surface area contributed by atoms with E-state index in [1.807, 2.05) is 17.5 Å². The van der Waals surface area contributed by atoms with E-state index in [0.29, 0.717) is 11.3 Å². The quantitative estimate of drug-likeness (QED) is 0.478. The Kier molecular flexibility index (Phi) is 7.40. The number of sulfonamides is 1. The number of ether oxygens (including phenoxy) is 1. The van der Waals surface area contributed by atoms with Crippen LogP contribution in [0.5, 0.6) is 0 Å². The van der Waals surface area contributed by atoms with E-state index in [1.54, 1.807) is 24.3 Å². The Hall–Kier alpha value is -3.21. The smallest absolute Gasteiger partial charge is 0.411 e. The van der Waals surface area contributed by atoms with Crippen LogP contribution < -0.4 is 15.4 Å². The van der Waals surface area contributed by atoms with E-state index in [1.165, 1.54) is 42.7 Å². The first-order valence-corrected chi connectivity index (χ1v) is 11.6. The lowest BCUT2D eigenvalue weighted by atomic mass is 10.2. The molecular weight excluding hydrogens is 438 g/mol. The molecule has 0 saturated carbocycles. The fourth-order valence-corrected chi connectivity index (χ4v) is 4.35. The minimum atomic E-state index is -3.66. The zero-order valence-corrected chi connectivity index (χ0v) is 18.3. The van der Waals surface area contributed by atoms with Crippen molar-refractivity contribution in [2.24, 2.45) is 0 Å². The average Bonchev–Trinajstić information content (AvgIpc) is 3.31. The Labute approximate surface area is 184 Å². The summed E-state index contributed by atoms with van der Waals surface area (Å²) in [5.74, 6) is -0.327. The molecule has 0 aliphatic heterocycles. The van der Waals surface area contributed by atoms with E-state index >= 15 is 0 Å². The number of hydrogen-bond donors (Lipinski definition) is 3. The van der Waals surface area contributed by atoms with Gasteiger partial charge in [-0.2, -0.15) is 0 Å². The summed E-state index contributed by atoms with van der Waals surface area (Å²) in [5.41, 5.74) is 1.76. The van der Waals surface area contributed by atoms with Crippen molar-refractivity contribution in [2.45, 2.75) is 18.0 Å². The van der Waals surface area contributed by atoms with E-state index < -0.39 is 16.1 Å². The van der Waals surface area contributed by atoms with Gasteiger partial charge in [-0.1, -0.05) is 18.2 Å². The second-order valence-corrected chi connectivity index (χ2v) is 9.22. The molecular formula is C21H21N3O5S2. The van der Waals surface area contributed by atoms with Crippen molar-refractivity contribution in [3.63, 3.8) is 0 Å². The van der Waals surface area contributed by atoms with Crippen LogP contribution in [0.15, 0.2) is 70.9 Å². The molecule has 8 nitrogen and oxygen atoms in total. The molecule has 0 atom stereocenters. The number of nitrogens with one attached hydrogen (secondary N) is 3. The summed E-state index contributed by atoms with van der Waals surface area (Å²) in [7, 11) is -2.38. The van der Waals surface area contributed by atoms with E-state index in [-0.39, 0.29) is 23.9 Å². The number of thiophene rings is 1. The van der Waals surface area contributed by atoms with Gasteiger partial charge in [0.2, 0.25) is 10.0 Å². The highest BCUT2D eigenvalue weighted by Gasteiger charge is 2.15. The third-order valence-electron chi connectivity index (χ3n) is 4.28. The lowest BCUT2D eigenvalue weighted by Gasteiger charge is -2.09. The first-order valence-electron chi connectivity index (χ1n) is 9.21. The first kappa shape index (κ1) is 22.5. The van der Waals surface area contributed by atoms with Gasteiger partial charge >= 0.3 is 6.09 Å². The monoisotopic (exact) mass is 459 g/mol. The number of hydrogen-bond acceptors (Lipinski definition) is 6. The topological polar surface area (TPSA) is 114 Å². The van der Waals surface area contributed by atoms with E-state index in [9.17, 15) is 18.0 Å². The molecule has 0 aliphatic rings. The number of anilines is 1. The van der Waals surface area contributed by atoms with Crippen LogP contribution in [0, 0.1) is 0 Å². The molecule has 1 aromatic heterocycles. The fourth-order valence-electron chi connectivity index (χ4n) is 2.61. The Morgan fingerprint density at radius 1 is 0.968 bits per heavy atom. The Morgan fingerprint density at radius 2 is 1.68 bits per heavy atom. The van der Waals surface area contributed by atoms with Gasteiger partial charge in [-0.15, -0.1) is 11.3 Å². The molecule has 2 amide bonds. The van der Waals surface area contributed by atoms with Gasteiger partial charge < -0.3 is 10.1 Å². The van der Waals surface area contributed by atoms with Gasteiger partial charge in [-0.3, -0.25) is 10.1 Å². The molecule has 0 radical (unpaired) electrons. The molecule has 2 aromatic carbocycles. The van der Waals surface area contributed by atoms with Crippen molar-refractivity contribution in [2.75, 3.05) is 12.4 Å². The molecule has 0 spiro atoms. The first-order chi connectivity index (χ1) is 14.9. The van der Waals surface area contributed by atoms with Crippen LogP contribution in [-0.4, -0.2) is 27.5 Å². The molecule has 0 fully saturated rings. The molecule has 0 aliphatic carbocycles. The summed E-state index contributed by atoms with van der Waals surface area (Å²) in [4.78, 5) is 24.5. The lowest BCUT2D eigenvalue weighted by molar-refractivity contribution is 0.0950. The van der Waals surface area contributed by atoms with Crippen LogP contribution in [0.2, 0.25) is 0 Å². The molecule has 3 rings (SSSR count). The van der Waals surface area contributed by atoms with Gasteiger partial charge in [0.05, 0.1) is 12.0 Å². The van der Waals surface area contributed by atoms with E-state index in [4.69, 9.17) is 0 Å². The number of benzene rings is 2. The van der Waals surface area contributed by atoms with Gasteiger partial charge in [0, 0.05) is 29.2 Å². The molecule has 1 heterocycles. The summed E-state index contributed by atoms with van der Waals surface area (Å²) in [6, 6.07) is 16.4. The number of carbonyl (C=O) groups excluding carboxylic acids is 2. The standard InChI is InChI=1S/C21H21N3O5S2/c1-29-21(26)24-17-8-4-15(5-9-17)13-22-20(25)16-6-10-19(11-7-16)31(27,28)23-14-18-3-2-12-30-18/h2-12,23H,13-14H2,1H3,(H,22,25)(H,24,26). The summed E-state index contributed by atoms with van der Waals surface area (Å²) in [6.45, 7) is 0.496. The zero-order valence-electron chi connectivity index (χ0n) is 16.6. The highest BCUT2D eigenvalue weighted by molar-refractivity contribution is 7.89. The molecule has 3 aromatic rings. The van der Waals surface area contributed by atoms with Gasteiger partial charge in [0.15, 0.2) is 0 Å². The molecule has 0 unspecified atom stereocenters. The lowest BCUT2D eigenvalue weighted by Crippen LogP contribution is -2.24. The van der Waals surface area contributed by atoms with Crippen molar-refractivity contribution in [3.05, 3.63) is 82.0 Å². The highest BCUT2D eigenvalue weighted by atomic mass is 32.2. The van der Waals surface area contributed by atoms with Crippen molar-refractivity contribution in [1.29, 1.82) is 0 Å². The second-order valence-electron chi connectivity index (χ2n) is 6.42. The summed E-state index contributed by atoms with van der Waals surface area (Å²) in [6.07, 6.45) is -0.562. The van der Waals surface area contributed by atoms with Gasteiger partial charge in [0.25, 0.3) is 5.91 Å². The van der Waals surface area contributed by atoms with Crippen molar-refractivity contribution >= 4 is 39.0 Å². The zero-order chi connectivity index (χ0) is 22.3. The van der Waals surface area contributed by atoms with Crippen molar-refractivity contribution < 1.29 is 22.7 Å². The molecule has 162 valence electrons.